The first-order valence-corrected chi connectivity index (χ1v) is 15.6. The molecule has 0 aromatic heterocycles. The number of carbonyl (C=O) groups is 2. The van der Waals surface area contributed by atoms with E-state index in [0.29, 0.717) is 5.75 Å². The maximum atomic E-state index is 15.0. The molecule has 4 aromatic carbocycles. The highest BCUT2D eigenvalue weighted by molar-refractivity contribution is 7.92. The standard InChI is InChI=1S/C34H36FN3O5S/c1-25(2)36-34(40)32(22-26-12-6-4-7-13-26)37(23-27-14-10-11-17-31(27)35)33(39)24-38(28-18-20-29(43-3)21-19-28)44(41,42)30-15-8-5-9-16-30/h4-21,25,32H,22-24H2,1-3H3,(H,36,40)/t32-/m1/s1. The van der Waals surface area contributed by atoms with Gasteiger partial charge in [-0.25, -0.2) is 12.8 Å². The summed E-state index contributed by atoms with van der Waals surface area (Å²) in [6.45, 7) is 2.71. The van der Waals surface area contributed by atoms with Gasteiger partial charge in [0.05, 0.1) is 17.7 Å². The van der Waals surface area contributed by atoms with Gasteiger partial charge in [-0.3, -0.25) is 13.9 Å². The molecule has 4 aromatic rings. The molecule has 0 radical (unpaired) electrons. The Balaban J connectivity index is 1.81. The van der Waals surface area contributed by atoms with Crippen molar-refractivity contribution in [2.24, 2.45) is 0 Å². The number of ether oxygens (including phenoxy) is 1. The Morgan fingerprint density at radius 1 is 0.841 bits per heavy atom. The first kappa shape index (κ1) is 32.2. The molecule has 44 heavy (non-hydrogen) atoms. The van der Waals surface area contributed by atoms with Crippen molar-refractivity contribution in [3.05, 3.63) is 126 Å². The van der Waals surface area contributed by atoms with E-state index in [9.17, 15) is 22.4 Å². The van der Waals surface area contributed by atoms with Crippen LogP contribution in [-0.2, 0) is 32.6 Å². The van der Waals surface area contributed by atoms with Crippen LogP contribution in [0.3, 0.4) is 0 Å². The van der Waals surface area contributed by atoms with Crippen LogP contribution >= 0.6 is 0 Å². The zero-order valence-corrected chi connectivity index (χ0v) is 25.7. The average Bonchev–Trinajstić information content (AvgIpc) is 3.03. The maximum absolute atomic E-state index is 15.0. The number of halogens is 1. The predicted octanol–water partition coefficient (Wildman–Crippen LogP) is 5.19. The topological polar surface area (TPSA) is 96.0 Å². The van der Waals surface area contributed by atoms with Crippen LogP contribution in [0.5, 0.6) is 5.75 Å². The number of methoxy groups -OCH3 is 1. The van der Waals surface area contributed by atoms with E-state index in [-0.39, 0.29) is 35.2 Å². The quantitative estimate of drug-likeness (QED) is 0.223. The molecule has 10 heteroatoms. The van der Waals surface area contributed by atoms with Crippen LogP contribution in [0.4, 0.5) is 10.1 Å². The molecule has 0 aliphatic heterocycles. The molecule has 0 saturated carbocycles. The van der Waals surface area contributed by atoms with E-state index in [4.69, 9.17) is 4.74 Å². The summed E-state index contributed by atoms with van der Waals surface area (Å²) in [6, 6.07) is 27.9. The van der Waals surface area contributed by atoms with Crippen molar-refractivity contribution >= 4 is 27.5 Å². The summed E-state index contributed by atoms with van der Waals surface area (Å²) in [6.07, 6.45) is 0.132. The van der Waals surface area contributed by atoms with Gasteiger partial charge in [0.15, 0.2) is 0 Å². The minimum absolute atomic E-state index is 0.0114. The number of anilines is 1. The van der Waals surface area contributed by atoms with Crippen molar-refractivity contribution in [2.45, 2.75) is 43.8 Å². The highest BCUT2D eigenvalue weighted by atomic mass is 32.2. The minimum atomic E-state index is -4.24. The largest absolute Gasteiger partial charge is 0.497 e. The number of amides is 2. The van der Waals surface area contributed by atoms with Gasteiger partial charge in [0.1, 0.15) is 24.2 Å². The third kappa shape index (κ3) is 8.02. The Kier molecular flexibility index (Phi) is 10.7. The van der Waals surface area contributed by atoms with E-state index in [0.717, 1.165) is 9.87 Å². The predicted molar refractivity (Wildman–Crippen MR) is 168 cm³/mol. The number of sulfonamides is 1. The molecular formula is C34H36FN3O5S. The second kappa shape index (κ2) is 14.7. The number of rotatable bonds is 13. The molecule has 2 amide bonds. The van der Waals surface area contributed by atoms with E-state index in [1.54, 1.807) is 62.4 Å². The third-order valence-electron chi connectivity index (χ3n) is 6.97. The molecule has 0 aliphatic rings. The number of carbonyl (C=O) groups excluding carboxylic acids is 2. The van der Waals surface area contributed by atoms with E-state index in [1.165, 1.54) is 42.3 Å². The maximum Gasteiger partial charge on any atom is 0.264 e. The normalized spacial score (nSPS) is 11.9. The molecule has 0 fully saturated rings. The summed E-state index contributed by atoms with van der Waals surface area (Å²) in [5.74, 6) is -1.15. The molecule has 1 N–H and O–H groups in total. The van der Waals surface area contributed by atoms with E-state index >= 15 is 0 Å². The van der Waals surface area contributed by atoms with Crippen molar-refractivity contribution < 1.29 is 27.1 Å². The third-order valence-corrected chi connectivity index (χ3v) is 8.76. The Labute approximate surface area is 258 Å². The van der Waals surface area contributed by atoms with Crippen LogP contribution in [0.15, 0.2) is 114 Å². The summed E-state index contributed by atoms with van der Waals surface area (Å²) in [4.78, 5) is 29.3. The summed E-state index contributed by atoms with van der Waals surface area (Å²) in [5, 5.41) is 2.88. The fourth-order valence-electron chi connectivity index (χ4n) is 4.74. The number of benzene rings is 4. The second-order valence-corrected chi connectivity index (χ2v) is 12.4. The molecule has 0 saturated heterocycles. The zero-order chi connectivity index (χ0) is 31.7. The van der Waals surface area contributed by atoms with Crippen molar-refractivity contribution in [3.8, 4) is 5.75 Å². The lowest BCUT2D eigenvalue weighted by atomic mass is 10.0. The van der Waals surface area contributed by atoms with Crippen LogP contribution in [0.2, 0.25) is 0 Å². The molecular weight excluding hydrogens is 581 g/mol. The highest BCUT2D eigenvalue weighted by Gasteiger charge is 2.35. The van der Waals surface area contributed by atoms with E-state index < -0.39 is 40.2 Å². The number of hydrogen-bond acceptors (Lipinski definition) is 5. The van der Waals surface area contributed by atoms with Gasteiger partial charge in [-0.15, -0.1) is 0 Å². The molecule has 0 spiro atoms. The molecule has 0 aliphatic carbocycles. The van der Waals surface area contributed by atoms with Gasteiger partial charge in [0.2, 0.25) is 11.8 Å². The fraction of sp³-hybridized carbons (Fsp3) is 0.235. The number of nitrogens with one attached hydrogen (secondary N) is 1. The molecule has 0 unspecified atom stereocenters. The van der Waals surface area contributed by atoms with Gasteiger partial charge in [-0.1, -0.05) is 66.7 Å². The van der Waals surface area contributed by atoms with Crippen molar-refractivity contribution in [1.82, 2.24) is 10.2 Å². The minimum Gasteiger partial charge on any atom is -0.497 e. The van der Waals surface area contributed by atoms with E-state index in [2.05, 4.69) is 5.32 Å². The van der Waals surface area contributed by atoms with Gasteiger partial charge in [-0.05, 0) is 61.9 Å². The van der Waals surface area contributed by atoms with Crippen LogP contribution in [0.1, 0.15) is 25.0 Å². The Morgan fingerprint density at radius 2 is 1.43 bits per heavy atom. The monoisotopic (exact) mass is 617 g/mol. The van der Waals surface area contributed by atoms with E-state index in [1.807, 2.05) is 30.3 Å². The van der Waals surface area contributed by atoms with Crippen LogP contribution in [-0.4, -0.2) is 50.9 Å². The summed E-state index contributed by atoms with van der Waals surface area (Å²) < 4.78 is 49.2. The second-order valence-electron chi connectivity index (χ2n) is 10.5. The Bertz CT molecular complexity index is 1650. The van der Waals surface area contributed by atoms with Crippen LogP contribution in [0, 0.1) is 5.82 Å². The molecule has 1 atom stereocenters. The summed E-state index contributed by atoms with van der Waals surface area (Å²) in [5.41, 5.74) is 1.20. The number of nitrogens with zero attached hydrogens (tertiary/aromatic N) is 2. The van der Waals surface area contributed by atoms with Crippen LogP contribution in [0.25, 0.3) is 0 Å². The van der Waals surface area contributed by atoms with Gasteiger partial charge in [-0.2, -0.15) is 0 Å². The average molecular weight is 618 g/mol. The molecule has 0 heterocycles. The lowest BCUT2D eigenvalue weighted by Crippen LogP contribution is -2.54. The summed E-state index contributed by atoms with van der Waals surface area (Å²) >= 11 is 0. The van der Waals surface area contributed by atoms with Crippen molar-refractivity contribution in [3.63, 3.8) is 0 Å². The SMILES string of the molecule is COc1ccc(N(CC(=O)N(Cc2ccccc2F)[C@H](Cc2ccccc2)C(=O)NC(C)C)S(=O)(=O)c2ccccc2)cc1. The summed E-state index contributed by atoms with van der Waals surface area (Å²) in [7, 11) is -2.74. The lowest BCUT2D eigenvalue weighted by molar-refractivity contribution is -0.140. The van der Waals surface area contributed by atoms with Crippen LogP contribution < -0.4 is 14.4 Å². The fourth-order valence-corrected chi connectivity index (χ4v) is 6.18. The Morgan fingerprint density at radius 3 is 2.02 bits per heavy atom. The first-order valence-electron chi connectivity index (χ1n) is 14.2. The lowest BCUT2D eigenvalue weighted by Gasteiger charge is -2.34. The Hall–Kier alpha value is -4.70. The molecule has 4 rings (SSSR count). The van der Waals surface area contributed by atoms with Gasteiger partial charge >= 0.3 is 0 Å². The highest BCUT2D eigenvalue weighted by Crippen LogP contribution is 2.27. The zero-order valence-electron chi connectivity index (χ0n) is 24.9. The van der Waals surface area contributed by atoms with Gasteiger partial charge < -0.3 is 15.0 Å². The van der Waals surface area contributed by atoms with Gasteiger partial charge in [0, 0.05) is 24.6 Å². The number of hydrogen-bond donors (Lipinski definition) is 1. The molecule has 8 nitrogen and oxygen atoms in total. The molecule has 230 valence electrons. The van der Waals surface area contributed by atoms with Crippen molar-refractivity contribution in [1.29, 1.82) is 0 Å². The smallest absolute Gasteiger partial charge is 0.264 e. The first-order chi connectivity index (χ1) is 21.1. The molecule has 0 bridgehead atoms. The van der Waals surface area contributed by atoms with Gasteiger partial charge in [0.25, 0.3) is 10.0 Å². The van der Waals surface area contributed by atoms with Crippen molar-refractivity contribution in [2.75, 3.05) is 18.0 Å².